The lowest BCUT2D eigenvalue weighted by Gasteiger charge is -2.37. The predicted octanol–water partition coefficient (Wildman–Crippen LogP) is 5.77. The average molecular weight is 407 g/mol. The van der Waals surface area contributed by atoms with Gasteiger partial charge in [-0.2, -0.15) is 0 Å². The van der Waals surface area contributed by atoms with Gasteiger partial charge in [0.05, 0.1) is 0 Å². The summed E-state index contributed by atoms with van der Waals surface area (Å²) in [5, 5.41) is 15.9. The normalized spacial score (nSPS) is 20.9. The molecular weight excluding hydrogens is 380 g/mol. The third-order valence-electron chi connectivity index (χ3n) is 6.44. The Labute approximate surface area is 177 Å². The molecule has 150 valence electrons. The highest BCUT2D eigenvalue weighted by atomic mass is 35.5. The molecule has 2 heterocycles. The van der Waals surface area contributed by atoms with Gasteiger partial charge in [0.15, 0.2) is 5.82 Å². The highest BCUT2D eigenvalue weighted by molar-refractivity contribution is 6.30. The van der Waals surface area contributed by atoms with Crippen LogP contribution in [0.4, 0.5) is 5.82 Å². The molecule has 2 aliphatic rings. The van der Waals surface area contributed by atoms with Gasteiger partial charge in [-0.05, 0) is 44.4 Å². The molecule has 1 aliphatic heterocycles. The Hall–Kier alpha value is -2.17. The van der Waals surface area contributed by atoms with Crippen LogP contribution in [-0.2, 0) is 0 Å². The number of aromatic nitrogens is 2. The molecule has 1 saturated carbocycles. The minimum Gasteiger partial charge on any atom is -0.364 e. The molecule has 5 rings (SSSR count). The Bertz CT molecular complexity index is 982. The van der Waals surface area contributed by atoms with Crippen molar-refractivity contribution in [3.05, 3.63) is 53.6 Å². The molecule has 0 bridgehead atoms. The smallest absolute Gasteiger partial charge is 0.156 e. The lowest BCUT2D eigenvalue weighted by molar-refractivity contribution is 0.156. The molecular formula is C24H27ClN4. The standard InChI is InChI=1S/C24H27ClN4/c25-18-13-11-17(12-14-18)23-21-9-3-4-10-22(21)24(28-27-23)26-19-6-5-15-29(16-19)20-7-1-2-8-20/h3-4,9-14,19-20H,1-2,5-8,15-16H2,(H,26,28). The molecule has 0 spiro atoms. The van der Waals surface area contributed by atoms with Crippen molar-refractivity contribution in [1.29, 1.82) is 0 Å². The number of fused-ring (bicyclic) bond motifs is 1. The molecule has 2 fully saturated rings. The van der Waals surface area contributed by atoms with E-state index in [2.05, 4.69) is 44.7 Å². The fourth-order valence-corrected chi connectivity index (χ4v) is 5.08. The first kappa shape index (κ1) is 18.8. The molecule has 3 aromatic rings. The summed E-state index contributed by atoms with van der Waals surface area (Å²) in [6.45, 7) is 2.35. The van der Waals surface area contributed by atoms with E-state index in [1.807, 2.05) is 24.3 Å². The number of anilines is 1. The van der Waals surface area contributed by atoms with Crippen molar-refractivity contribution < 1.29 is 0 Å². The number of nitrogens with one attached hydrogen (secondary N) is 1. The van der Waals surface area contributed by atoms with Gasteiger partial charge < -0.3 is 5.32 Å². The van der Waals surface area contributed by atoms with E-state index >= 15 is 0 Å². The van der Waals surface area contributed by atoms with Crippen LogP contribution in [-0.4, -0.2) is 40.3 Å². The van der Waals surface area contributed by atoms with Crippen molar-refractivity contribution in [3.8, 4) is 11.3 Å². The topological polar surface area (TPSA) is 41.1 Å². The Morgan fingerprint density at radius 3 is 2.41 bits per heavy atom. The van der Waals surface area contributed by atoms with Crippen LogP contribution in [0.3, 0.4) is 0 Å². The minimum absolute atomic E-state index is 0.434. The summed E-state index contributed by atoms with van der Waals surface area (Å²) in [5.74, 6) is 0.900. The van der Waals surface area contributed by atoms with Crippen molar-refractivity contribution in [3.63, 3.8) is 0 Å². The summed E-state index contributed by atoms with van der Waals surface area (Å²) in [5.41, 5.74) is 1.94. The third-order valence-corrected chi connectivity index (χ3v) is 6.69. The van der Waals surface area contributed by atoms with Crippen molar-refractivity contribution in [2.45, 2.75) is 50.6 Å². The van der Waals surface area contributed by atoms with Crippen LogP contribution in [0, 0.1) is 0 Å². The number of likely N-dealkylation sites (tertiary alicyclic amines) is 1. The van der Waals surface area contributed by atoms with Crippen LogP contribution in [0.2, 0.25) is 5.02 Å². The van der Waals surface area contributed by atoms with E-state index in [0.717, 1.165) is 45.5 Å². The maximum absolute atomic E-state index is 6.06. The molecule has 1 aromatic heterocycles. The van der Waals surface area contributed by atoms with E-state index in [1.54, 1.807) is 0 Å². The lowest BCUT2D eigenvalue weighted by atomic mass is 10.0. The van der Waals surface area contributed by atoms with E-state index in [4.69, 9.17) is 11.6 Å². The number of hydrogen-bond acceptors (Lipinski definition) is 4. The largest absolute Gasteiger partial charge is 0.364 e. The van der Waals surface area contributed by atoms with Gasteiger partial charge in [0, 0.05) is 40.0 Å². The van der Waals surface area contributed by atoms with Crippen LogP contribution in [0.1, 0.15) is 38.5 Å². The van der Waals surface area contributed by atoms with E-state index in [9.17, 15) is 0 Å². The first-order valence-corrected chi connectivity index (χ1v) is 11.2. The number of benzene rings is 2. The van der Waals surface area contributed by atoms with Crippen molar-refractivity contribution in [2.75, 3.05) is 18.4 Å². The maximum atomic E-state index is 6.06. The van der Waals surface area contributed by atoms with Gasteiger partial charge in [0.2, 0.25) is 0 Å². The second kappa shape index (κ2) is 8.29. The van der Waals surface area contributed by atoms with Gasteiger partial charge in [-0.1, -0.05) is 60.8 Å². The van der Waals surface area contributed by atoms with Gasteiger partial charge in [-0.15, -0.1) is 10.2 Å². The molecule has 1 saturated heterocycles. The zero-order chi connectivity index (χ0) is 19.6. The second-order valence-electron chi connectivity index (χ2n) is 8.37. The molecule has 1 N–H and O–H groups in total. The monoisotopic (exact) mass is 406 g/mol. The van der Waals surface area contributed by atoms with Crippen molar-refractivity contribution in [1.82, 2.24) is 15.1 Å². The van der Waals surface area contributed by atoms with Crippen LogP contribution in [0.5, 0.6) is 0 Å². The van der Waals surface area contributed by atoms with Gasteiger partial charge >= 0.3 is 0 Å². The van der Waals surface area contributed by atoms with E-state index in [1.165, 1.54) is 45.1 Å². The quantitative estimate of drug-likeness (QED) is 0.597. The van der Waals surface area contributed by atoms with Crippen LogP contribution in [0.25, 0.3) is 22.0 Å². The summed E-state index contributed by atoms with van der Waals surface area (Å²) in [7, 11) is 0. The Balaban J connectivity index is 1.42. The summed E-state index contributed by atoms with van der Waals surface area (Å²) >= 11 is 6.06. The average Bonchev–Trinajstić information content (AvgIpc) is 3.30. The first-order valence-electron chi connectivity index (χ1n) is 10.8. The molecule has 29 heavy (non-hydrogen) atoms. The summed E-state index contributed by atoms with van der Waals surface area (Å²) in [6.07, 6.45) is 7.96. The van der Waals surface area contributed by atoms with Gasteiger partial charge in [0.25, 0.3) is 0 Å². The maximum Gasteiger partial charge on any atom is 0.156 e. The summed E-state index contributed by atoms with van der Waals surface area (Å²) in [6, 6.07) is 17.5. The highest BCUT2D eigenvalue weighted by Gasteiger charge is 2.28. The first-order chi connectivity index (χ1) is 14.3. The molecule has 5 heteroatoms. The third kappa shape index (κ3) is 3.96. The fourth-order valence-electron chi connectivity index (χ4n) is 4.95. The van der Waals surface area contributed by atoms with Crippen molar-refractivity contribution >= 4 is 28.2 Å². The summed E-state index contributed by atoms with van der Waals surface area (Å²) in [4.78, 5) is 2.70. The number of rotatable bonds is 4. The number of hydrogen-bond donors (Lipinski definition) is 1. The van der Waals surface area contributed by atoms with E-state index in [0.29, 0.717) is 6.04 Å². The van der Waals surface area contributed by atoms with Crippen molar-refractivity contribution in [2.24, 2.45) is 0 Å². The van der Waals surface area contributed by atoms with E-state index in [-0.39, 0.29) is 0 Å². The van der Waals surface area contributed by atoms with Gasteiger partial charge in [-0.3, -0.25) is 4.90 Å². The summed E-state index contributed by atoms with van der Waals surface area (Å²) < 4.78 is 0. The fraction of sp³-hybridized carbons (Fsp3) is 0.417. The highest BCUT2D eigenvalue weighted by Crippen LogP contribution is 2.32. The van der Waals surface area contributed by atoms with E-state index < -0.39 is 0 Å². The molecule has 0 amide bonds. The lowest BCUT2D eigenvalue weighted by Crippen LogP contribution is -2.46. The molecule has 1 atom stereocenters. The molecule has 2 aromatic carbocycles. The zero-order valence-corrected chi connectivity index (χ0v) is 17.4. The SMILES string of the molecule is Clc1ccc(-c2nnc(NC3CCCN(C4CCCC4)C3)c3ccccc23)cc1. The molecule has 1 unspecified atom stereocenters. The van der Waals surface area contributed by atoms with Gasteiger partial charge in [-0.25, -0.2) is 0 Å². The number of piperidine rings is 1. The number of halogens is 1. The Kier molecular flexibility index (Phi) is 5.38. The molecule has 0 radical (unpaired) electrons. The van der Waals surface area contributed by atoms with Crippen LogP contribution < -0.4 is 5.32 Å². The molecule has 4 nitrogen and oxygen atoms in total. The number of nitrogens with zero attached hydrogens (tertiary/aromatic N) is 3. The van der Waals surface area contributed by atoms with Crippen LogP contribution >= 0.6 is 11.6 Å². The minimum atomic E-state index is 0.434. The second-order valence-corrected chi connectivity index (χ2v) is 8.80. The predicted molar refractivity (Wildman–Crippen MR) is 120 cm³/mol. The Morgan fingerprint density at radius 2 is 1.62 bits per heavy atom. The van der Waals surface area contributed by atoms with Crippen LogP contribution in [0.15, 0.2) is 48.5 Å². The zero-order valence-electron chi connectivity index (χ0n) is 16.6. The Morgan fingerprint density at radius 1 is 0.862 bits per heavy atom. The van der Waals surface area contributed by atoms with Gasteiger partial charge in [0.1, 0.15) is 5.69 Å². The molecule has 1 aliphatic carbocycles.